The lowest BCUT2D eigenvalue weighted by atomic mass is 10.2. The van der Waals surface area contributed by atoms with Gasteiger partial charge in [0.05, 0.1) is 0 Å². The standard InChI is InChI=1S/C10H13BrFNO3S/c1-7(6-14)5-13-17(15,16)10-4-8(11)2-3-9(10)12/h2-4,7,13-14H,5-6H2,1H3. The van der Waals surface area contributed by atoms with Gasteiger partial charge in [-0.1, -0.05) is 22.9 Å². The summed E-state index contributed by atoms with van der Waals surface area (Å²) in [6, 6.07) is 3.69. The lowest BCUT2D eigenvalue weighted by molar-refractivity contribution is 0.238. The average Bonchev–Trinajstić information content (AvgIpc) is 2.29. The SMILES string of the molecule is CC(CO)CNS(=O)(=O)c1cc(Br)ccc1F. The number of aliphatic hydroxyl groups excluding tert-OH is 1. The number of sulfonamides is 1. The van der Waals surface area contributed by atoms with Crippen LogP contribution in [0, 0.1) is 11.7 Å². The van der Waals surface area contributed by atoms with Crippen LogP contribution in [0.15, 0.2) is 27.6 Å². The molecule has 1 atom stereocenters. The van der Waals surface area contributed by atoms with Crippen molar-refractivity contribution < 1.29 is 17.9 Å². The molecule has 0 aliphatic carbocycles. The van der Waals surface area contributed by atoms with Crippen LogP contribution in [0.2, 0.25) is 0 Å². The van der Waals surface area contributed by atoms with Gasteiger partial charge in [0.2, 0.25) is 10.0 Å². The van der Waals surface area contributed by atoms with Crippen LogP contribution in [0.3, 0.4) is 0 Å². The summed E-state index contributed by atoms with van der Waals surface area (Å²) in [5.41, 5.74) is 0. The molecule has 1 aromatic rings. The number of nitrogens with one attached hydrogen (secondary N) is 1. The summed E-state index contributed by atoms with van der Waals surface area (Å²) in [4.78, 5) is -0.406. The first-order valence-corrected chi connectivity index (χ1v) is 7.20. The van der Waals surface area contributed by atoms with Gasteiger partial charge in [0.1, 0.15) is 10.7 Å². The van der Waals surface area contributed by atoms with Crippen molar-refractivity contribution in [3.05, 3.63) is 28.5 Å². The zero-order chi connectivity index (χ0) is 13.1. The molecule has 0 spiro atoms. The Hall–Kier alpha value is -0.500. The topological polar surface area (TPSA) is 66.4 Å². The van der Waals surface area contributed by atoms with Crippen LogP contribution >= 0.6 is 15.9 Å². The molecule has 96 valence electrons. The Bertz CT molecular complexity index is 492. The minimum atomic E-state index is -3.88. The van der Waals surface area contributed by atoms with Gasteiger partial charge in [-0.2, -0.15) is 0 Å². The molecule has 0 radical (unpaired) electrons. The highest BCUT2D eigenvalue weighted by molar-refractivity contribution is 9.10. The van der Waals surface area contributed by atoms with Crippen molar-refractivity contribution in [2.24, 2.45) is 5.92 Å². The van der Waals surface area contributed by atoms with E-state index in [-0.39, 0.29) is 19.1 Å². The second-order valence-corrected chi connectivity index (χ2v) is 6.37. The molecule has 7 heteroatoms. The molecular weight excluding hydrogens is 313 g/mol. The van der Waals surface area contributed by atoms with E-state index in [0.717, 1.165) is 6.07 Å². The lowest BCUT2D eigenvalue weighted by Crippen LogP contribution is -2.30. The summed E-state index contributed by atoms with van der Waals surface area (Å²) in [5, 5.41) is 8.78. The number of rotatable bonds is 5. The van der Waals surface area contributed by atoms with E-state index in [4.69, 9.17) is 5.11 Å². The molecule has 0 heterocycles. The second kappa shape index (κ2) is 5.90. The number of aliphatic hydroxyl groups is 1. The first-order valence-electron chi connectivity index (χ1n) is 4.92. The second-order valence-electron chi connectivity index (χ2n) is 3.71. The van der Waals surface area contributed by atoms with Crippen LogP contribution in [0.25, 0.3) is 0 Å². The van der Waals surface area contributed by atoms with E-state index >= 15 is 0 Å². The molecule has 0 aliphatic rings. The van der Waals surface area contributed by atoms with E-state index in [1.165, 1.54) is 12.1 Å². The molecule has 1 aromatic carbocycles. The van der Waals surface area contributed by atoms with Crippen LogP contribution < -0.4 is 4.72 Å². The van der Waals surface area contributed by atoms with Gasteiger partial charge in [-0.15, -0.1) is 0 Å². The van der Waals surface area contributed by atoms with Crippen molar-refractivity contribution in [2.75, 3.05) is 13.2 Å². The third-order valence-electron chi connectivity index (χ3n) is 2.12. The van der Waals surface area contributed by atoms with Crippen LogP contribution in [-0.4, -0.2) is 26.7 Å². The maximum absolute atomic E-state index is 13.4. The van der Waals surface area contributed by atoms with Gasteiger partial charge in [-0.25, -0.2) is 17.5 Å². The molecule has 2 N–H and O–H groups in total. The number of halogens is 2. The van der Waals surface area contributed by atoms with Crippen LogP contribution in [0.5, 0.6) is 0 Å². The smallest absolute Gasteiger partial charge is 0.243 e. The van der Waals surface area contributed by atoms with Gasteiger partial charge >= 0.3 is 0 Å². The number of hydrogen-bond acceptors (Lipinski definition) is 3. The molecule has 0 bridgehead atoms. The summed E-state index contributed by atoms with van der Waals surface area (Å²) < 4.78 is 39.7. The van der Waals surface area contributed by atoms with E-state index in [0.29, 0.717) is 4.47 Å². The molecule has 0 saturated heterocycles. The summed E-state index contributed by atoms with van der Waals surface area (Å²) in [5.74, 6) is -1.03. The third kappa shape index (κ3) is 4.02. The average molecular weight is 326 g/mol. The highest BCUT2D eigenvalue weighted by Gasteiger charge is 2.19. The van der Waals surface area contributed by atoms with Gasteiger partial charge in [-0.3, -0.25) is 0 Å². The Kier molecular flexibility index (Phi) is 5.05. The van der Waals surface area contributed by atoms with Gasteiger partial charge in [-0.05, 0) is 24.1 Å². The zero-order valence-electron chi connectivity index (χ0n) is 9.15. The summed E-state index contributed by atoms with van der Waals surface area (Å²) in [6.45, 7) is 1.61. The first-order chi connectivity index (χ1) is 7.86. The molecule has 0 fully saturated rings. The Morgan fingerprint density at radius 2 is 2.18 bits per heavy atom. The van der Waals surface area contributed by atoms with Crippen LogP contribution in [-0.2, 0) is 10.0 Å². The number of benzene rings is 1. The van der Waals surface area contributed by atoms with Crippen molar-refractivity contribution in [3.63, 3.8) is 0 Å². The van der Waals surface area contributed by atoms with Crippen molar-refractivity contribution in [1.29, 1.82) is 0 Å². The largest absolute Gasteiger partial charge is 0.396 e. The Morgan fingerprint density at radius 1 is 1.53 bits per heavy atom. The molecule has 1 rings (SSSR count). The molecule has 0 saturated carbocycles. The maximum atomic E-state index is 13.4. The van der Waals surface area contributed by atoms with Crippen molar-refractivity contribution in [2.45, 2.75) is 11.8 Å². The molecule has 0 aliphatic heterocycles. The van der Waals surface area contributed by atoms with Gasteiger partial charge in [0.15, 0.2) is 0 Å². The molecule has 17 heavy (non-hydrogen) atoms. The Morgan fingerprint density at radius 3 is 2.76 bits per heavy atom. The van der Waals surface area contributed by atoms with Crippen molar-refractivity contribution in [3.8, 4) is 0 Å². The molecular formula is C10H13BrFNO3S. The monoisotopic (exact) mass is 325 g/mol. The fourth-order valence-electron chi connectivity index (χ4n) is 1.08. The van der Waals surface area contributed by atoms with Gasteiger partial charge in [0, 0.05) is 17.6 Å². The number of hydrogen-bond donors (Lipinski definition) is 2. The minimum Gasteiger partial charge on any atom is -0.396 e. The van der Waals surface area contributed by atoms with E-state index < -0.39 is 20.7 Å². The summed E-state index contributed by atoms with van der Waals surface area (Å²) in [6.07, 6.45) is 0. The predicted octanol–water partition coefficient (Wildman–Crippen LogP) is 1.49. The quantitative estimate of drug-likeness (QED) is 0.862. The van der Waals surface area contributed by atoms with Crippen molar-refractivity contribution in [1.82, 2.24) is 4.72 Å². The van der Waals surface area contributed by atoms with E-state index in [1.54, 1.807) is 6.92 Å². The fourth-order valence-corrected chi connectivity index (χ4v) is 2.86. The highest BCUT2D eigenvalue weighted by atomic mass is 79.9. The maximum Gasteiger partial charge on any atom is 0.243 e. The van der Waals surface area contributed by atoms with Crippen molar-refractivity contribution >= 4 is 26.0 Å². The van der Waals surface area contributed by atoms with E-state index in [2.05, 4.69) is 20.7 Å². The minimum absolute atomic E-state index is 0.0603. The Balaban J connectivity index is 2.93. The molecule has 0 amide bonds. The Labute approximate surface area is 108 Å². The molecule has 1 unspecified atom stereocenters. The normalized spacial score (nSPS) is 13.6. The van der Waals surface area contributed by atoms with Crippen LogP contribution in [0.1, 0.15) is 6.92 Å². The van der Waals surface area contributed by atoms with E-state index in [9.17, 15) is 12.8 Å². The van der Waals surface area contributed by atoms with Crippen LogP contribution in [0.4, 0.5) is 4.39 Å². The predicted molar refractivity (Wildman–Crippen MR) is 65.5 cm³/mol. The summed E-state index contributed by atoms with van der Waals surface area (Å²) >= 11 is 3.08. The highest BCUT2D eigenvalue weighted by Crippen LogP contribution is 2.19. The third-order valence-corrected chi connectivity index (χ3v) is 4.05. The van der Waals surface area contributed by atoms with E-state index in [1.807, 2.05) is 0 Å². The molecule has 4 nitrogen and oxygen atoms in total. The molecule has 0 aromatic heterocycles. The zero-order valence-corrected chi connectivity index (χ0v) is 11.6. The first kappa shape index (κ1) is 14.6. The van der Waals surface area contributed by atoms with Gasteiger partial charge < -0.3 is 5.11 Å². The summed E-state index contributed by atoms with van der Waals surface area (Å²) in [7, 11) is -3.88. The lowest BCUT2D eigenvalue weighted by Gasteiger charge is -2.11. The van der Waals surface area contributed by atoms with Gasteiger partial charge in [0.25, 0.3) is 0 Å². The fraction of sp³-hybridized carbons (Fsp3) is 0.400.